The molecular formula is C10H12ClNO3S. The van der Waals surface area contributed by atoms with Crippen LogP contribution in [0.4, 0.5) is 5.69 Å². The third-order valence-corrected chi connectivity index (χ3v) is 3.83. The summed E-state index contributed by atoms with van der Waals surface area (Å²) in [7, 11) is 1.65. The second-order valence-electron chi connectivity index (χ2n) is 3.53. The van der Waals surface area contributed by atoms with Gasteiger partial charge in [0.15, 0.2) is 0 Å². The fourth-order valence-corrected chi connectivity index (χ4v) is 2.44. The van der Waals surface area contributed by atoms with Crippen molar-refractivity contribution in [1.82, 2.24) is 0 Å². The SMILES string of the molecule is O=S(=O)(Cl)c1cccc(N2CCOCC2)c1. The Morgan fingerprint density at radius 1 is 1.25 bits per heavy atom. The fourth-order valence-electron chi connectivity index (χ4n) is 1.65. The summed E-state index contributed by atoms with van der Waals surface area (Å²) in [5.41, 5.74) is 0.866. The molecule has 1 aromatic carbocycles. The second kappa shape index (κ2) is 4.61. The van der Waals surface area contributed by atoms with E-state index in [-0.39, 0.29) is 4.90 Å². The topological polar surface area (TPSA) is 46.6 Å². The minimum absolute atomic E-state index is 0.137. The number of rotatable bonds is 2. The quantitative estimate of drug-likeness (QED) is 0.756. The number of hydrogen-bond acceptors (Lipinski definition) is 4. The van der Waals surface area contributed by atoms with E-state index < -0.39 is 9.05 Å². The molecule has 0 spiro atoms. The Morgan fingerprint density at radius 2 is 1.94 bits per heavy atom. The van der Waals surface area contributed by atoms with E-state index in [2.05, 4.69) is 4.90 Å². The highest BCUT2D eigenvalue weighted by Gasteiger charge is 2.15. The molecule has 0 aliphatic carbocycles. The molecule has 0 bridgehead atoms. The van der Waals surface area contributed by atoms with Crippen LogP contribution in [0.15, 0.2) is 29.2 Å². The van der Waals surface area contributed by atoms with Crippen molar-refractivity contribution >= 4 is 25.4 Å². The van der Waals surface area contributed by atoms with Crippen molar-refractivity contribution in [1.29, 1.82) is 0 Å². The minimum atomic E-state index is -3.65. The van der Waals surface area contributed by atoms with Crippen LogP contribution in [0, 0.1) is 0 Å². The first kappa shape index (κ1) is 11.7. The molecule has 1 aliphatic heterocycles. The van der Waals surface area contributed by atoms with Gasteiger partial charge in [-0.15, -0.1) is 0 Å². The molecule has 0 amide bonds. The lowest BCUT2D eigenvalue weighted by molar-refractivity contribution is 0.122. The van der Waals surface area contributed by atoms with Gasteiger partial charge in [0.05, 0.1) is 18.1 Å². The third kappa shape index (κ3) is 2.66. The summed E-state index contributed by atoms with van der Waals surface area (Å²) in [6.07, 6.45) is 0. The Balaban J connectivity index is 2.28. The highest BCUT2D eigenvalue weighted by molar-refractivity contribution is 8.13. The lowest BCUT2D eigenvalue weighted by atomic mass is 10.2. The zero-order chi connectivity index (χ0) is 11.6. The molecule has 2 rings (SSSR count). The Hall–Kier alpha value is -0.780. The normalized spacial score (nSPS) is 17.4. The molecule has 0 saturated carbocycles. The van der Waals surface area contributed by atoms with Crippen LogP contribution in [0.1, 0.15) is 0 Å². The smallest absolute Gasteiger partial charge is 0.261 e. The summed E-state index contributed by atoms with van der Waals surface area (Å²) in [6.45, 7) is 2.87. The number of halogens is 1. The van der Waals surface area contributed by atoms with Crippen LogP contribution in [0.2, 0.25) is 0 Å². The number of hydrogen-bond donors (Lipinski definition) is 0. The molecule has 0 aromatic heterocycles. The lowest BCUT2D eigenvalue weighted by Gasteiger charge is -2.28. The van der Waals surface area contributed by atoms with E-state index in [0.717, 1.165) is 18.8 Å². The molecule has 0 atom stereocenters. The van der Waals surface area contributed by atoms with Crippen molar-refractivity contribution in [2.75, 3.05) is 31.2 Å². The van der Waals surface area contributed by atoms with Crippen molar-refractivity contribution < 1.29 is 13.2 Å². The van der Waals surface area contributed by atoms with Gasteiger partial charge in [-0.2, -0.15) is 0 Å². The maximum absolute atomic E-state index is 11.2. The lowest BCUT2D eigenvalue weighted by Crippen LogP contribution is -2.36. The third-order valence-electron chi connectivity index (χ3n) is 2.48. The van der Waals surface area contributed by atoms with Crippen LogP contribution in [0.25, 0.3) is 0 Å². The van der Waals surface area contributed by atoms with Crippen LogP contribution < -0.4 is 4.90 Å². The number of nitrogens with zero attached hydrogens (tertiary/aromatic N) is 1. The van der Waals surface area contributed by atoms with E-state index in [9.17, 15) is 8.42 Å². The molecular weight excluding hydrogens is 250 g/mol. The van der Waals surface area contributed by atoms with E-state index in [0.29, 0.717) is 13.2 Å². The van der Waals surface area contributed by atoms with Gasteiger partial charge in [-0.1, -0.05) is 6.07 Å². The number of benzene rings is 1. The van der Waals surface area contributed by atoms with Gasteiger partial charge in [0.2, 0.25) is 0 Å². The predicted octanol–water partition coefficient (Wildman–Crippen LogP) is 1.45. The number of ether oxygens (including phenoxy) is 1. The molecule has 1 saturated heterocycles. The van der Waals surface area contributed by atoms with Crippen molar-refractivity contribution in [3.63, 3.8) is 0 Å². The average molecular weight is 262 g/mol. The first-order chi connectivity index (χ1) is 7.57. The summed E-state index contributed by atoms with van der Waals surface area (Å²) in [5, 5.41) is 0. The molecule has 88 valence electrons. The van der Waals surface area contributed by atoms with E-state index in [1.54, 1.807) is 12.1 Å². The summed E-state index contributed by atoms with van der Waals surface area (Å²) in [4.78, 5) is 2.22. The molecule has 1 heterocycles. The molecule has 4 nitrogen and oxygen atoms in total. The summed E-state index contributed by atoms with van der Waals surface area (Å²) in [6, 6.07) is 6.65. The van der Waals surface area contributed by atoms with Gasteiger partial charge in [-0.25, -0.2) is 8.42 Å². The van der Waals surface area contributed by atoms with Crippen LogP contribution in [-0.2, 0) is 13.8 Å². The second-order valence-corrected chi connectivity index (χ2v) is 6.10. The fraction of sp³-hybridized carbons (Fsp3) is 0.400. The van der Waals surface area contributed by atoms with E-state index in [1.807, 2.05) is 6.07 Å². The standard InChI is InChI=1S/C10H12ClNO3S/c11-16(13,14)10-3-1-2-9(8-10)12-4-6-15-7-5-12/h1-3,8H,4-7H2. The summed E-state index contributed by atoms with van der Waals surface area (Å²) >= 11 is 0. The Bertz CT molecular complexity index is 469. The molecule has 1 aromatic rings. The van der Waals surface area contributed by atoms with Gasteiger partial charge in [0, 0.05) is 29.5 Å². The first-order valence-corrected chi connectivity index (χ1v) is 7.26. The van der Waals surface area contributed by atoms with Crippen molar-refractivity contribution in [3.8, 4) is 0 Å². The van der Waals surface area contributed by atoms with Gasteiger partial charge < -0.3 is 9.64 Å². The Morgan fingerprint density at radius 3 is 2.56 bits per heavy atom. The molecule has 0 unspecified atom stereocenters. The van der Waals surface area contributed by atoms with Gasteiger partial charge >= 0.3 is 0 Å². The van der Waals surface area contributed by atoms with Gasteiger partial charge in [0.1, 0.15) is 0 Å². The van der Waals surface area contributed by atoms with E-state index in [1.165, 1.54) is 6.07 Å². The molecule has 0 radical (unpaired) electrons. The zero-order valence-electron chi connectivity index (χ0n) is 8.60. The zero-order valence-corrected chi connectivity index (χ0v) is 10.2. The number of morpholine rings is 1. The minimum Gasteiger partial charge on any atom is -0.378 e. The highest BCUT2D eigenvalue weighted by Crippen LogP contribution is 2.22. The maximum Gasteiger partial charge on any atom is 0.261 e. The molecule has 1 aliphatic rings. The predicted molar refractivity (Wildman–Crippen MR) is 62.5 cm³/mol. The summed E-state index contributed by atoms with van der Waals surface area (Å²) < 4.78 is 27.6. The summed E-state index contributed by atoms with van der Waals surface area (Å²) in [5.74, 6) is 0. The van der Waals surface area contributed by atoms with Gasteiger partial charge in [-0.05, 0) is 18.2 Å². The van der Waals surface area contributed by atoms with Gasteiger partial charge in [0.25, 0.3) is 9.05 Å². The maximum atomic E-state index is 11.2. The van der Waals surface area contributed by atoms with Crippen LogP contribution in [0.5, 0.6) is 0 Å². The van der Waals surface area contributed by atoms with Crippen molar-refractivity contribution in [3.05, 3.63) is 24.3 Å². The molecule has 6 heteroatoms. The monoisotopic (exact) mass is 261 g/mol. The van der Waals surface area contributed by atoms with Crippen LogP contribution in [0.3, 0.4) is 0 Å². The first-order valence-electron chi connectivity index (χ1n) is 4.95. The van der Waals surface area contributed by atoms with Crippen LogP contribution in [-0.4, -0.2) is 34.7 Å². The van der Waals surface area contributed by atoms with E-state index >= 15 is 0 Å². The van der Waals surface area contributed by atoms with E-state index in [4.69, 9.17) is 15.4 Å². The molecule has 0 N–H and O–H groups in total. The van der Waals surface area contributed by atoms with Crippen molar-refractivity contribution in [2.45, 2.75) is 4.90 Å². The van der Waals surface area contributed by atoms with Gasteiger partial charge in [-0.3, -0.25) is 0 Å². The number of anilines is 1. The molecule has 16 heavy (non-hydrogen) atoms. The Labute approximate surface area is 99.2 Å². The largest absolute Gasteiger partial charge is 0.378 e. The highest BCUT2D eigenvalue weighted by atomic mass is 35.7. The van der Waals surface area contributed by atoms with Crippen molar-refractivity contribution in [2.24, 2.45) is 0 Å². The molecule has 1 fully saturated rings. The Kier molecular flexibility index (Phi) is 3.37. The average Bonchev–Trinajstić information content (AvgIpc) is 2.29. The van der Waals surface area contributed by atoms with Crippen LogP contribution >= 0.6 is 10.7 Å².